The molecular weight excluding hydrogens is 340 g/mol. The van der Waals surface area contributed by atoms with E-state index in [1.807, 2.05) is 31.2 Å². The number of hydrogen-bond donors (Lipinski definition) is 2. The van der Waals surface area contributed by atoms with Crippen molar-refractivity contribution in [3.05, 3.63) is 64.5 Å². The average molecular weight is 357 g/mol. The number of rotatable bonds is 5. The number of carbonyl (C=O) groups excluding carboxylic acids is 1. The van der Waals surface area contributed by atoms with Crippen LogP contribution >= 0.6 is 11.6 Å². The largest absolute Gasteiger partial charge is 0.376 e. The van der Waals surface area contributed by atoms with Crippen molar-refractivity contribution in [1.82, 2.24) is 15.5 Å². The van der Waals surface area contributed by atoms with Crippen molar-refractivity contribution in [3.8, 4) is 11.4 Å². The van der Waals surface area contributed by atoms with Gasteiger partial charge in [-0.2, -0.15) is 4.98 Å². The van der Waals surface area contributed by atoms with Crippen LogP contribution in [-0.4, -0.2) is 23.1 Å². The first-order chi connectivity index (χ1) is 12.1. The van der Waals surface area contributed by atoms with Gasteiger partial charge in [0, 0.05) is 18.3 Å². The lowest BCUT2D eigenvalue weighted by Crippen LogP contribution is -2.18. The maximum Gasteiger partial charge on any atom is 0.252 e. The van der Waals surface area contributed by atoms with E-state index in [-0.39, 0.29) is 5.91 Å². The molecule has 1 amide bonds. The van der Waals surface area contributed by atoms with Crippen molar-refractivity contribution in [1.29, 1.82) is 0 Å². The molecule has 3 rings (SSSR count). The van der Waals surface area contributed by atoms with E-state index >= 15 is 0 Å². The molecule has 0 fully saturated rings. The number of anilines is 1. The van der Waals surface area contributed by atoms with Crippen LogP contribution in [0.5, 0.6) is 0 Å². The Bertz CT molecular complexity index is 908. The van der Waals surface area contributed by atoms with Gasteiger partial charge in [0.1, 0.15) is 0 Å². The molecule has 0 spiro atoms. The van der Waals surface area contributed by atoms with Crippen molar-refractivity contribution in [3.63, 3.8) is 0 Å². The summed E-state index contributed by atoms with van der Waals surface area (Å²) < 4.78 is 5.27. The number of benzene rings is 2. The Morgan fingerprint density at radius 3 is 2.80 bits per heavy atom. The molecule has 0 atom stereocenters. The Kier molecular flexibility index (Phi) is 5.00. The fourth-order valence-electron chi connectivity index (χ4n) is 2.35. The molecule has 3 aromatic rings. The molecule has 128 valence electrons. The van der Waals surface area contributed by atoms with Crippen LogP contribution in [0.15, 0.2) is 47.0 Å². The Morgan fingerprint density at radius 1 is 1.24 bits per heavy atom. The second-order valence-electron chi connectivity index (χ2n) is 5.51. The summed E-state index contributed by atoms with van der Waals surface area (Å²) in [5, 5.41) is 10.1. The maximum absolute atomic E-state index is 11.6. The highest BCUT2D eigenvalue weighted by molar-refractivity contribution is 6.34. The van der Waals surface area contributed by atoms with E-state index in [1.165, 1.54) is 0 Å². The molecule has 0 radical (unpaired) electrons. The second-order valence-corrected chi connectivity index (χ2v) is 5.92. The van der Waals surface area contributed by atoms with Crippen LogP contribution in [0, 0.1) is 6.92 Å². The zero-order valence-corrected chi connectivity index (χ0v) is 14.6. The van der Waals surface area contributed by atoms with Crippen molar-refractivity contribution in [2.75, 3.05) is 12.4 Å². The lowest BCUT2D eigenvalue weighted by atomic mass is 10.1. The highest BCUT2D eigenvalue weighted by Gasteiger charge is 2.11. The number of halogens is 1. The minimum atomic E-state index is -0.226. The van der Waals surface area contributed by atoms with Crippen molar-refractivity contribution >= 4 is 23.2 Å². The Morgan fingerprint density at radius 2 is 2.08 bits per heavy atom. The van der Waals surface area contributed by atoms with E-state index in [0.717, 1.165) is 16.8 Å². The third kappa shape index (κ3) is 3.97. The van der Waals surface area contributed by atoms with E-state index in [1.54, 1.807) is 25.2 Å². The number of nitrogens with one attached hydrogen (secondary N) is 2. The van der Waals surface area contributed by atoms with Gasteiger partial charge in [0.2, 0.25) is 11.7 Å². The van der Waals surface area contributed by atoms with E-state index in [4.69, 9.17) is 16.1 Å². The number of aromatic nitrogens is 2. The van der Waals surface area contributed by atoms with Gasteiger partial charge in [-0.15, -0.1) is 0 Å². The standard InChI is InChI=1S/C18H17ClN4O2/c1-11-4-3-5-12(8-11)17-22-16(25-23-17)10-21-13-6-7-14(15(19)9-13)18(24)20-2/h3-9,21H,10H2,1-2H3,(H,20,24). The number of amides is 1. The minimum Gasteiger partial charge on any atom is -0.376 e. The monoisotopic (exact) mass is 356 g/mol. The van der Waals surface area contributed by atoms with Crippen LogP contribution < -0.4 is 10.6 Å². The Labute approximate surface area is 150 Å². The molecule has 25 heavy (non-hydrogen) atoms. The Hall–Kier alpha value is -2.86. The molecule has 0 saturated carbocycles. The van der Waals surface area contributed by atoms with Gasteiger partial charge in [-0.05, 0) is 31.2 Å². The van der Waals surface area contributed by atoms with Crippen LogP contribution in [-0.2, 0) is 6.54 Å². The van der Waals surface area contributed by atoms with Gasteiger partial charge in [0.05, 0.1) is 17.1 Å². The van der Waals surface area contributed by atoms with Gasteiger partial charge in [-0.3, -0.25) is 4.79 Å². The van der Waals surface area contributed by atoms with Crippen LogP contribution in [0.4, 0.5) is 5.69 Å². The van der Waals surface area contributed by atoms with Gasteiger partial charge in [-0.25, -0.2) is 0 Å². The van der Waals surface area contributed by atoms with Crippen LogP contribution in [0.25, 0.3) is 11.4 Å². The van der Waals surface area contributed by atoms with Gasteiger partial charge in [0.25, 0.3) is 5.91 Å². The first-order valence-electron chi connectivity index (χ1n) is 7.72. The summed E-state index contributed by atoms with van der Waals surface area (Å²) in [5.41, 5.74) is 3.22. The molecule has 6 nitrogen and oxygen atoms in total. The normalized spacial score (nSPS) is 10.5. The van der Waals surface area contributed by atoms with Crippen LogP contribution in [0.2, 0.25) is 5.02 Å². The molecule has 0 aliphatic heterocycles. The molecule has 2 N–H and O–H groups in total. The predicted octanol–water partition coefficient (Wildman–Crippen LogP) is 3.67. The molecular formula is C18H17ClN4O2. The quantitative estimate of drug-likeness (QED) is 0.729. The van der Waals surface area contributed by atoms with Crippen molar-refractivity contribution in [2.24, 2.45) is 0 Å². The van der Waals surface area contributed by atoms with E-state index < -0.39 is 0 Å². The van der Waals surface area contributed by atoms with E-state index in [9.17, 15) is 4.79 Å². The smallest absolute Gasteiger partial charge is 0.252 e. The lowest BCUT2D eigenvalue weighted by Gasteiger charge is -2.07. The summed E-state index contributed by atoms with van der Waals surface area (Å²) in [6.45, 7) is 2.37. The molecule has 7 heteroatoms. The number of hydrogen-bond acceptors (Lipinski definition) is 5. The minimum absolute atomic E-state index is 0.226. The molecule has 1 heterocycles. The fraction of sp³-hybridized carbons (Fsp3) is 0.167. The molecule has 0 aliphatic rings. The molecule has 0 unspecified atom stereocenters. The first-order valence-corrected chi connectivity index (χ1v) is 8.10. The van der Waals surface area contributed by atoms with E-state index in [2.05, 4.69) is 20.8 Å². The second kappa shape index (κ2) is 7.36. The summed E-state index contributed by atoms with van der Waals surface area (Å²) in [7, 11) is 1.56. The third-order valence-corrected chi connectivity index (χ3v) is 3.94. The highest BCUT2D eigenvalue weighted by Crippen LogP contribution is 2.22. The van der Waals surface area contributed by atoms with Crippen LogP contribution in [0.1, 0.15) is 21.8 Å². The molecule has 0 saturated heterocycles. The summed E-state index contributed by atoms with van der Waals surface area (Å²) in [5.74, 6) is 0.785. The summed E-state index contributed by atoms with van der Waals surface area (Å²) in [6.07, 6.45) is 0. The van der Waals surface area contributed by atoms with Gasteiger partial charge >= 0.3 is 0 Å². The van der Waals surface area contributed by atoms with Gasteiger partial charge < -0.3 is 15.2 Å². The number of aryl methyl sites for hydroxylation is 1. The van der Waals surface area contributed by atoms with Crippen molar-refractivity contribution < 1.29 is 9.32 Å². The summed E-state index contributed by atoms with van der Waals surface area (Å²) in [6, 6.07) is 13.0. The van der Waals surface area contributed by atoms with Gasteiger partial charge in [0.15, 0.2) is 0 Å². The molecule has 2 aromatic carbocycles. The third-order valence-electron chi connectivity index (χ3n) is 3.63. The SMILES string of the molecule is CNC(=O)c1ccc(NCc2nc(-c3cccc(C)c3)no2)cc1Cl. The Balaban J connectivity index is 1.68. The maximum atomic E-state index is 11.6. The molecule has 1 aromatic heterocycles. The zero-order valence-electron chi connectivity index (χ0n) is 13.8. The fourth-order valence-corrected chi connectivity index (χ4v) is 2.62. The molecule has 0 aliphatic carbocycles. The topological polar surface area (TPSA) is 80.0 Å². The predicted molar refractivity (Wildman–Crippen MR) is 96.6 cm³/mol. The average Bonchev–Trinajstić information content (AvgIpc) is 3.08. The lowest BCUT2D eigenvalue weighted by molar-refractivity contribution is 0.0963. The van der Waals surface area contributed by atoms with Crippen LogP contribution in [0.3, 0.4) is 0 Å². The van der Waals surface area contributed by atoms with Gasteiger partial charge in [-0.1, -0.05) is 40.5 Å². The number of carbonyl (C=O) groups is 1. The summed E-state index contributed by atoms with van der Waals surface area (Å²) >= 11 is 6.13. The first kappa shape index (κ1) is 17.0. The highest BCUT2D eigenvalue weighted by atomic mass is 35.5. The number of nitrogens with zero attached hydrogens (tertiary/aromatic N) is 2. The van der Waals surface area contributed by atoms with Crippen molar-refractivity contribution in [2.45, 2.75) is 13.5 Å². The van der Waals surface area contributed by atoms with E-state index in [0.29, 0.717) is 28.8 Å². The molecule has 0 bridgehead atoms. The summed E-state index contributed by atoms with van der Waals surface area (Å²) in [4.78, 5) is 16.0. The zero-order chi connectivity index (χ0) is 17.8.